The van der Waals surface area contributed by atoms with Gasteiger partial charge in [0.05, 0.1) is 5.92 Å². The van der Waals surface area contributed by atoms with Crippen LogP contribution in [0.4, 0.5) is 5.69 Å². The molecule has 5 nitrogen and oxygen atoms in total. The van der Waals surface area contributed by atoms with Gasteiger partial charge in [-0.3, -0.25) is 14.5 Å². The zero-order valence-electron chi connectivity index (χ0n) is 15.1. The smallest absolute Gasteiger partial charge is 0.255 e. The molecule has 1 saturated heterocycles. The van der Waals surface area contributed by atoms with E-state index in [1.165, 1.54) is 0 Å². The van der Waals surface area contributed by atoms with E-state index in [1.807, 2.05) is 55.5 Å². The lowest BCUT2D eigenvalue weighted by Gasteiger charge is -2.31. The zero-order chi connectivity index (χ0) is 18.5. The summed E-state index contributed by atoms with van der Waals surface area (Å²) < 4.78 is 0. The third-order valence-electron chi connectivity index (χ3n) is 4.92. The maximum absolute atomic E-state index is 12.4. The first kappa shape index (κ1) is 18.1. The van der Waals surface area contributed by atoms with Gasteiger partial charge in [0.15, 0.2) is 0 Å². The summed E-state index contributed by atoms with van der Waals surface area (Å²) in [6.45, 7) is 4.42. The van der Waals surface area contributed by atoms with Gasteiger partial charge >= 0.3 is 0 Å². The first-order chi connectivity index (χ1) is 12.5. The van der Waals surface area contributed by atoms with Crippen LogP contribution < -0.4 is 11.1 Å². The van der Waals surface area contributed by atoms with E-state index in [-0.39, 0.29) is 17.7 Å². The number of hydrogen-bond donors (Lipinski definition) is 2. The van der Waals surface area contributed by atoms with Crippen LogP contribution in [0.5, 0.6) is 0 Å². The molecular weight excluding hydrogens is 326 g/mol. The Kier molecular flexibility index (Phi) is 5.68. The van der Waals surface area contributed by atoms with E-state index in [4.69, 9.17) is 5.73 Å². The lowest BCUT2D eigenvalue weighted by molar-refractivity contribution is -0.123. The summed E-state index contributed by atoms with van der Waals surface area (Å²) in [5.41, 5.74) is 9.01. The topological polar surface area (TPSA) is 75.4 Å². The molecule has 0 aromatic heterocycles. The van der Waals surface area contributed by atoms with E-state index < -0.39 is 0 Å². The number of carbonyl (C=O) groups excluding carboxylic acids is 2. The van der Waals surface area contributed by atoms with E-state index >= 15 is 0 Å². The van der Waals surface area contributed by atoms with Gasteiger partial charge in [0.1, 0.15) is 0 Å². The molecule has 3 N–H and O–H groups in total. The molecule has 0 saturated carbocycles. The molecule has 1 atom stereocenters. The van der Waals surface area contributed by atoms with Crippen molar-refractivity contribution in [1.82, 2.24) is 4.90 Å². The van der Waals surface area contributed by atoms with E-state index in [0.717, 1.165) is 49.3 Å². The van der Waals surface area contributed by atoms with Gasteiger partial charge < -0.3 is 11.1 Å². The lowest BCUT2D eigenvalue weighted by Crippen LogP contribution is -2.40. The van der Waals surface area contributed by atoms with Crippen molar-refractivity contribution in [1.29, 1.82) is 0 Å². The molecule has 1 heterocycles. The Bertz CT molecular complexity index is 786. The van der Waals surface area contributed by atoms with Crippen molar-refractivity contribution in [3.63, 3.8) is 0 Å². The van der Waals surface area contributed by atoms with Crippen LogP contribution >= 0.6 is 0 Å². The molecule has 136 valence electrons. The van der Waals surface area contributed by atoms with Gasteiger partial charge in [0.25, 0.3) is 5.91 Å². The van der Waals surface area contributed by atoms with Crippen molar-refractivity contribution in [3.8, 4) is 0 Å². The van der Waals surface area contributed by atoms with Crippen LogP contribution in [0.25, 0.3) is 0 Å². The van der Waals surface area contributed by atoms with Crippen molar-refractivity contribution in [3.05, 3.63) is 65.2 Å². The average molecular weight is 351 g/mol. The minimum atomic E-state index is -0.205. The first-order valence-corrected chi connectivity index (χ1v) is 9.00. The molecule has 26 heavy (non-hydrogen) atoms. The predicted octanol–water partition coefficient (Wildman–Crippen LogP) is 2.94. The zero-order valence-corrected chi connectivity index (χ0v) is 15.1. The van der Waals surface area contributed by atoms with Crippen molar-refractivity contribution in [2.45, 2.75) is 26.3 Å². The maximum atomic E-state index is 12.4. The molecule has 1 aliphatic rings. The third kappa shape index (κ3) is 4.49. The second kappa shape index (κ2) is 8.15. The molecule has 0 bridgehead atoms. The fourth-order valence-corrected chi connectivity index (χ4v) is 3.41. The molecule has 2 aromatic rings. The highest BCUT2D eigenvalue weighted by atomic mass is 16.2. The highest BCUT2D eigenvalue weighted by Crippen LogP contribution is 2.19. The van der Waals surface area contributed by atoms with Gasteiger partial charge in [0, 0.05) is 24.3 Å². The average Bonchev–Trinajstić information content (AvgIpc) is 2.64. The minimum absolute atomic E-state index is 0.0450. The van der Waals surface area contributed by atoms with Crippen LogP contribution in [0.3, 0.4) is 0 Å². The SMILES string of the molecule is Cc1ccccc1C(=O)Nc1ccc(CN2CCCC(C(N)=O)C2)cc1. The number of aryl methyl sites for hydroxylation is 1. The molecule has 5 heteroatoms. The second-order valence-electron chi connectivity index (χ2n) is 6.94. The van der Waals surface area contributed by atoms with Crippen LogP contribution in [0.2, 0.25) is 0 Å². The van der Waals surface area contributed by atoms with Gasteiger partial charge in [-0.1, -0.05) is 30.3 Å². The summed E-state index contributed by atoms with van der Waals surface area (Å²) in [6.07, 6.45) is 1.88. The number of benzene rings is 2. The summed E-state index contributed by atoms with van der Waals surface area (Å²) in [5, 5.41) is 2.94. The number of nitrogens with one attached hydrogen (secondary N) is 1. The number of nitrogens with zero attached hydrogens (tertiary/aromatic N) is 1. The number of piperidine rings is 1. The fraction of sp³-hybridized carbons (Fsp3) is 0.333. The maximum Gasteiger partial charge on any atom is 0.255 e. The molecular formula is C21H25N3O2. The van der Waals surface area contributed by atoms with Gasteiger partial charge in [-0.05, 0) is 55.6 Å². The largest absolute Gasteiger partial charge is 0.369 e. The van der Waals surface area contributed by atoms with Crippen molar-refractivity contribution < 1.29 is 9.59 Å². The summed E-state index contributed by atoms with van der Waals surface area (Å²) in [6, 6.07) is 15.4. The summed E-state index contributed by atoms with van der Waals surface area (Å²) in [4.78, 5) is 26.0. The van der Waals surface area contributed by atoms with Gasteiger partial charge in [-0.2, -0.15) is 0 Å². The van der Waals surface area contributed by atoms with Crippen LogP contribution in [0.15, 0.2) is 48.5 Å². The van der Waals surface area contributed by atoms with E-state index in [9.17, 15) is 9.59 Å². The molecule has 0 radical (unpaired) electrons. The van der Waals surface area contributed by atoms with Gasteiger partial charge in [-0.25, -0.2) is 0 Å². The standard InChI is InChI=1S/C21H25N3O2/c1-15-5-2-3-7-19(15)21(26)23-18-10-8-16(9-11-18)13-24-12-4-6-17(14-24)20(22)25/h2-3,5,7-11,17H,4,6,12-14H2,1H3,(H2,22,25)(H,23,26). The summed E-state index contributed by atoms with van der Waals surface area (Å²) in [7, 11) is 0. The van der Waals surface area contributed by atoms with E-state index in [2.05, 4.69) is 10.2 Å². The molecule has 3 rings (SSSR count). The fourth-order valence-electron chi connectivity index (χ4n) is 3.41. The van der Waals surface area contributed by atoms with E-state index in [1.54, 1.807) is 0 Å². The predicted molar refractivity (Wildman–Crippen MR) is 103 cm³/mol. The molecule has 2 aromatic carbocycles. The summed E-state index contributed by atoms with van der Waals surface area (Å²) >= 11 is 0. The number of likely N-dealkylation sites (tertiary alicyclic amines) is 1. The Morgan fingerprint density at radius 1 is 1.15 bits per heavy atom. The highest BCUT2D eigenvalue weighted by molar-refractivity contribution is 6.05. The number of rotatable bonds is 5. The van der Waals surface area contributed by atoms with E-state index in [0.29, 0.717) is 5.56 Å². The summed E-state index contributed by atoms with van der Waals surface area (Å²) in [5.74, 6) is -0.350. The first-order valence-electron chi connectivity index (χ1n) is 9.00. The van der Waals surface area contributed by atoms with Crippen LogP contribution in [-0.4, -0.2) is 29.8 Å². The van der Waals surface area contributed by atoms with Gasteiger partial charge in [0.2, 0.25) is 5.91 Å². The number of anilines is 1. The number of hydrogen-bond acceptors (Lipinski definition) is 3. The lowest BCUT2D eigenvalue weighted by atomic mass is 9.97. The van der Waals surface area contributed by atoms with Crippen molar-refractivity contribution in [2.75, 3.05) is 18.4 Å². The highest BCUT2D eigenvalue weighted by Gasteiger charge is 2.23. The van der Waals surface area contributed by atoms with Crippen molar-refractivity contribution >= 4 is 17.5 Å². The Hall–Kier alpha value is -2.66. The van der Waals surface area contributed by atoms with Crippen LogP contribution in [-0.2, 0) is 11.3 Å². The minimum Gasteiger partial charge on any atom is -0.369 e. The second-order valence-corrected chi connectivity index (χ2v) is 6.94. The van der Waals surface area contributed by atoms with Gasteiger partial charge in [-0.15, -0.1) is 0 Å². The molecule has 1 aliphatic heterocycles. The molecule has 0 aliphatic carbocycles. The van der Waals surface area contributed by atoms with Crippen LogP contribution in [0, 0.1) is 12.8 Å². The molecule has 1 unspecified atom stereocenters. The third-order valence-corrected chi connectivity index (χ3v) is 4.92. The Morgan fingerprint density at radius 3 is 2.58 bits per heavy atom. The number of nitrogens with two attached hydrogens (primary N) is 1. The normalized spacial score (nSPS) is 17.7. The number of carbonyl (C=O) groups is 2. The Balaban J connectivity index is 1.59. The molecule has 1 fully saturated rings. The number of amides is 2. The quantitative estimate of drug-likeness (QED) is 0.870. The molecule has 0 spiro atoms. The Morgan fingerprint density at radius 2 is 1.88 bits per heavy atom. The van der Waals surface area contributed by atoms with Crippen molar-refractivity contribution in [2.24, 2.45) is 11.7 Å². The van der Waals surface area contributed by atoms with Crippen LogP contribution in [0.1, 0.15) is 34.3 Å². The monoisotopic (exact) mass is 351 g/mol. The Labute approximate surface area is 154 Å². The molecule has 2 amide bonds. The number of primary amides is 1.